The molecule has 1 fully saturated rings. The van der Waals surface area contributed by atoms with Crippen molar-refractivity contribution in [2.75, 3.05) is 0 Å². The highest BCUT2D eigenvalue weighted by molar-refractivity contribution is 7.99. The first-order valence-electron chi connectivity index (χ1n) is 6.43. The maximum atomic E-state index is 11.8. The number of halogens is 1. The van der Waals surface area contributed by atoms with E-state index in [2.05, 4.69) is 10.6 Å². The number of carbonyl (C=O) groups excluding carboxylic acids is 2. The van der Waals surface area contributed by atoms with Crippen LogP contribution in [0.2, 0.25) is 5.02 Å². The minimum atomic E-state index is -0.560. The third-order valence-corrected chi connectivity index (χ3v) is 4.52. The Balaban J connectivity index is 1.81. The van der Waals surface area contributed by atoms with Crippen LogP contribution in [-0.4, -0.2) is 16.9 Å². The highest BCUT2D eigenvalue weighted by Gasteiger charge is 2.26. The lowest BCUT2D eigenvalue weighted by atomic mass is 10.1. The van der Waals surface area contributed by atoms with Crippen molar-refractivity contribution in [1.82, 2.24) is 10.6 Å². The number of furan rings is 1. The number of carbonyl (C=O) groups is 2. The Morgan fingerprint density at radius 1 is 1.09 bits per heavy atom. The van der Waals surface area contributed by atoms with Gasteiger partial charge in [0.25, 0.3) is 11.8 Å². The Kier molecular flexibility index (Phi) is 4.51. The summed E-state index contributed by atoms with van der Waals surface area (Å²) in [5.41, 5.74) is -0.0674. The molecule has 0 bridgehead atoms. The van der Waals surface area contributed by atoms with Gasteiger partial charge >= 0.3 is 0 Å². The molecule has 8 heteroatoms. The molecule has 0 spiro atoms. The summed E-state index contributed by atoms with van der Waals surface area (Å²) in [6.07, 6.45) is 1.36. The maximum Gasteiger partial charge on any atom is 0.263 e. The zero-order valence-electron chi connectivity index (χ0n) is 11.5. The summed E-state index contributed by atoms with van der Waals surface area (Å²) in [7, 11) is 0. The lowest BCUT2D eigenvalue weighted by molar-refractivity contribution is -0.123. The summed E-state index contributed by atoms with van der Waals surface area (Å²) in [6, 6.07) is 10.8. The van der Waals surface area contributed by atoms with Gasteiger partial charge in [-0.15, -0.1) is 0 Å². The fraction of sp³-hybridized carbons (Fsp3) is 0. The van der Waals surface area contributed by atoms with Gasteiger partial charge in [0.1, 0.15) is 11.3 Å². The van der Waals surface area contributed by atoms with Crippen LogP contribution in [0.4, 0.5) is 0 Å². The molecule has 1 aromatic carbocycles. The molecule has 1 saturated heterocycles. The van der Waals surface area contributed by atoms with Crippen LogP contribution in [0.3, 0.4) is 0 Å². The van der Waals surface area contributed by atoms with E-state index in [1.807, 2.05) is 18.2 Å². The summed E-state index contributed by atoms with van der Waals surface area (Å²) in [5, 5.41) is 5.93. The van der Waals surface area contributed by atoms with E-state index in [0.29, 0.717) is 15.9 Å². The lowest BCUT2D eigenvalue weighted by Gasteiger charge is -2.15. The standard InChI is InChI=1S/C15H9ClN2O3S2/c16-10-3-1-2-4-11(10)23-12-6-5-8(21-12)7-9-13(19)17-15(22)18-14(9)20/h1-7H,(H2,17,18,19,20,22). The van der Waals surface area contributed by atoms with Crippen molar-refractivity contribution in [3.8, 4) is 0 Å². The Bertz CT molecular complexity index is 823. The monoisotopic (exact) mass is 364 g/mol. The second-order valence-electron chi connectivity index (χ2n) is 4.48. The van der Waals surface area contributed by atoms with Crippen molar-refractivity contribution in [1.29, 1.82) is 0 Å². The van der Waals surface area contributed by atoms with E-state index in [-0.39, 0.29) is 10.7 Å². The summed E-state index contributed by atoms with van der Waals surface area (Å²) in [6.45, 7) is 0. The van der Waals surface area contributed by atoms with Crippen molar-refractivity contribution in [3.63, 3.8) is 0 Å². The fourth-order valence-electron chi connectivity index (χ4n) is 1.85. The second kappa shape index (κ2) is 6.57. The number of thiocarbonyl (C=S) groups is 1. The van der Waals surface area contributed by atoms with Crippen molar-refractivity contribution >= 4 is 58.6 Å². The number of rotatable bonds is 3. The molecule has 3 rings (SSSR count). The van der Waals surface area contributed by atoms with Gasteiger partial charge in [0.15, 0.2) is 10.2 Å². The number of benzene rings is 1. The van der Waals surface area contributed by atoms with Gasteiger partial charge in [0, 0.05) is 4.90 Å². The van der Waals surface area contributed by atoms with E-state index in [1.54, 1.807) is 18.2 Å². The molecular weight excluding hydrogens is 356 g/mol. The van der Waals surface area contributed by atoms with E-state index in [4.69, 9.17) is 28.2 Å². The Labute approximate surface area is 146 Å². The van der Waals surface area contributed by atoms with Gasteiger partial charge in [-0.1, -0.05) is 35.5 Å². The molecule has 0 saturated carbocycles. The van der Waals surface area contributed by atoms with Gasteiger partial charge in [-0.2, -0.15) is 0 Å². The summed E-state index contributed by atoms with van der Waals surface area (Å²) in [4.78, 5) is 24.4. The minimum Gasteiger partial charge on any atom is -0.450 e. The fourth-order valence-corrected chi connectivity index (χ4v) is 3.09. The van der Waals surface area contributed by atoms with Crippen LogP contribution in [0, 0.1) is 0 Å². The number of amides is 2. The van der Waals surface area contributed by atoms with Gasteiger partial charge < -0.3 is 4.42 Å². The third-order valence-electron chi connectivity index (χ3n) is 2.88. The molecule has 1 aliphatic heterocycles. The Morgan fingerprint density at radius 2 is 1.78 bits per heavy atom. The predicted molar refractivity (Wildman–Crippen MR) is 91.1 cm³/mol. The van der Waals surface area contributed by atoms with E-state index in [0.717, 1.165) is 4.90 Å². The van der Waals surface area contributed by atoms with E-state index in [1.165, 1.54) is 17.8 Å². The summed E-state index contributed by atoms with van der Waals surface area (Å²) in [5.74, 6) is -0.737. The van der Waals surface area contributed by atoms with Crippen LogP contribution >= 0.6 is 35.6 Å². The van der Waals surface area contributed by atoms with Gasteiger partial charge in [-0.25, -0.2) is 0 Å². The van der Waals surface area contributed by atoms with E-state index >= 15 is 0 Å². The topological polar surface area (TPSA) is 71.3 Å². The molecular formula is C15H9ClN2O3S2. The van der Waals surface area contributed by atoms with Crippen molar-refractivity contribution in [3.05, 3.63) is 52.8 Å². The molecule has 0 radical (unpaired) electrons. The molecule has 23 heavy (non-hydrogen) atoms. The van der Waals surface area contributed by atoms with Crippen molar-refractivity contribution in [2.45, 2.75) is 9.99 Å². The van der Waals surface area contributed by atoms with E-state index < -0.39 is 11.8 Å². The van der Waals surface area contributed by atoms with Gasteiger partial charge in [0.2, 0.25) is 0 Å². The maximum absolute atomic E-state index is 11.8. The molecule has 2 N–H and O–H groups in total. The van der Waals surface area contributed by atoms with Crippen LogP contribution in [-0.2, 0) is 9.59 Å². The smallest absolute Gasteiger partial charge is 0.263 e. The zero-order valence-corrected chi connectivity index (χ0v) is 13.8. The van der Waals surface area contributed by atoms with Gasteiger partial charge in [0.05, 0.1) is 5.02 Å². The Morgan fingerprint density at radius 3 is 2.48 bits per heavy atom. The van der Waals surface area contributed by atoms with Crippen LogP contribution in [0.25, 0.3) is 6.08 Å². The predicted octanol–water partition coefficient (Wildman–Crippen LogP) is 3.00. The highest BCUT2D eigenvalue weighted by atomic mass is 35.5. The average molecular weight is 365 g/mol. The number of hydrogen-bond acceptors (Lipinski definition) is 5. The first-order chi connectivity index (χ1) is 11.0. The second-order valence-corrected chi connectivity index (χ2v) is 6.35. The third kappa shape index (κ3) is 3.64. The molecule has 1 aliphatic rings. The molecule has 2 heterocycles. The number of nitrogens with one attached hydrogen (secondary N) is 2. The first-order valence-corrected chi connectivity index (χ1v) is 8.04. The Hall–Kier alpha value is -2.09. The van der Waals surface area contributed by atoms with Gasteiger partial charge in [-0.05, 0) is 42.6 Å². The highest BCUT2D eigenvalue weighted by Crippen LogP contribution is 2.34. The molecule has 5 nitrogen and oxygen atoms in total. The molecule has 2 amide bonds. The average Bonchev–Trinajstić information content (AvgIpc) is 2.93. The van der Waals surface area contributed by atoms with Crippen LogP contribution in [0.1, 0.15) is 5.76 Å². The lowest BCUT2D eigenvalue weighted by Crippen LogP contribution is -2.51. The molecule has 0 aliphatic carbocycles. The summed E-state index contributed by atoms with van der Waals surface area (Å²) >= 11 is 12.2. The molecule has 0 atom stereocenters. The number of hydrogen-bond donors (Lipinski definition) is 2. The van der Waals surface area contributed by atoms with Crippen LogP contribution in [0.5, 0.6) is 0 Å². The van der Waals surface area contributed by atoms with Crippen molar-refractivity contribution < 1.29 is 14.0 Å². The SMILES string of the molecule is O=C1NC(=S)NC(=O)C1=Cc1ccc(Sc2ccccc2Cl)o1. The molecule has 0 unspecified atom stereocenters. The van der Waals surface area contributed by atoms with Gasteiger partial charge in [-0.3, -0.25) is 20.2 Å². The summed E-state index contributed by atoms with van der Waals surface area (Å²) < 4.78 is 5.60. The first kappa shape index (κ1) is 15.8. The molecule has 1 aromatic heterocycles. The largest absolute Gasteiger partial charge is 0.450 e. The van der Waals surface area contributed by atoms with E-state index in [9.17, 15) is 9.59 Å². The van der Waals surface area contributed by atoms with Crippen LogP contribution in [0.15, 0.2) is 56.4 Å². The zero-order chi connectivity index (χ0) is 16.4. The quantitative estimate of drug-likeness (QED) is 0.497. The normalized spacial score (nSPS) is 14.5. The van der Waals surface area contributed by atoms with Crippen molar-refractivity contribution in [2.24, 2.45) is 0 Å². The molecule has 2 aromatic rings. The van der Waals surface area contributed by atoms with Crippen LogP contribution < -0.4 is 10.6 Å². The minimum absolute atomic E-state index is 0.00782. The molecule has 116 valence electrons.